The second-order valence-corrected chi connectivity index (χ2v) is 11.0. The average molecular weight is 499 g/mol. The van der Waals surface area contributed by atoms with Crippen LogP contribution in [-0.2, 0) is 20.0 Å². The Morgan fingerprint density at radius 1 is 0.765 bits per heavy atom. The van der Waals surface area contributed by atoms with Gasteiger partial charge in [0.2, 0.25) is 0 Å². The highest BCUT2D eigenvalue weighted by molar-refractivity contribution is 7.95. The van der Waals surface area contributed by atoms with Crippen LogP contribution < -0.4 is 19.7 Å². The molecule has 178 valence electrons. The summed E-state index contributed by atoms with van der Waals surface area (Å²) in [5, 5.41) is 4.33. The molecule has 0 spiro atoms. The van der Waals surface area contributed by atoms with Crippen molar-refractivity contribution >= 4 is 43.2 Å². The predicted octanol–water partition coefficient (Wildman–Crippen LogP) is 3.31. The molecule has 3 N–H and O–H groups in total. The minimum Gasteiger partial charge on any atom is -0.369 e. The van der Waals surface area contributed by atoms with Gasteiger partial charge in [-0.25, -0.2) is 16.8 Å². The van der Waals surface area contributed by atoms with Gasteiger partial charge < -0.3 is 10.2 Å². The van der Waals surface area contributed by atoms with E-state index in [0.29, 0.717) is 0 Å². The van der Waals surface area contributed by atoms with Gasteiger partial charge in [0, 0.05) is 31.9 Å². The fourth-order valence-electron chi connectivity index (χ4n) is 3.55. The second kappa shape index (κ2) is 10.3. The summed E-state index contributed by atoms with van der Waals surface area (Å²) >= 11 is 0. The highest BCUT2D eigenvalue weighted by Crippen LogP contribution is 2.31. The fourth-order valence-corrected chi connectivity index (χ4v) is 5.53. The molecule has 0 radical (unpaired) electrons. The first-order valence-corrected chi connectivity index (χ1v) is 13.8. The number of sulfonamides is 2. The molecule has 3 aromatic rings. The zero-order valence-corrected chi connectivity index (χ0v) is 20.0. The minimum atomic E-state index is -3.93. The third kappa shape index (κ3) is 6.16. The maximum Gasteiger partial charge on any atom is 0.261 e. The van der Waals surface area contributed by atoms with Crippen molar-refractivity contribution in [3.63, 3.8) is 0 Å². The molecule has 4 rings (SSSR count). The number of hydrogen-bond acceptors (Lipinski definition) is 6. The lowest BCUT2D eigenvalue weighted by Crippen LogP contribution is -2.43. The molecule has 0 aliphatic carbocycles. The summed E-state index contributed by atoms with van der Waals surface area (Å²) in [6.45, 7) is 3.14. The van der Waals surface area contributed by atoms with Crippen molar-refractivity contribution in [2.75, 3.05) is 40.5 Å². The number of benzene rings is 3. The van der Waals surface area contributed by atoms with Gasteiger partial charge in [-0.05, 0) is 42.0 Å². The van der Waals surface area contributed by atoms with E-state index in [0.717, 1.165) is 42.8 Å². The highest BCUT2D eigenvalue weighted by atomic mass is 32.2. The second-order valence-electron chi connectivity index (χ2n) is 7.75. The molecule has 0 amide bonds. The first-order chi connectivity index (χ1) is 16.3. The number of nitrogens with one attached hydrogen (secondary N) is 3. The lowest BCUT2D eigenvalue weighted by molar-refractivity contribution is 0.589. The van der Waals surface area contributed by atoms with Crippen molar-refractivity contribution in [3.05, 3.63) is 89.8 Å². The van der Waals surface area contributed by atoms with E-state index < -0.39 is 20.0 Å². The lowest BCUT2D eigenvalue weighted by Gasteiger charge is -2.30. The summed E-state index contributed by atoms with van der Waals surface area (Å²) in [5.74, 6) is 0. The topological polar surface area (TPSA) is 108 Å². The monoisotopic (exact) mass is 498 g/mol. The highest BCUT2D eigenvalue weighted by Gasteiger charge is 2.20. The normalized spacial score (nSPS) is 14.8. The molecule has 0 atom stereocenters. The largest absolute Gasteiger partial charge is 0.369 e. The Kier molecular flexibility index (Phi) is 7.20. The summed E-state index contributed by atoms with van der Waals surface area (Å²) < 4.78 is 56.5. The van der Waals surface area contributed by atoms with Crippen LogP contribution in [0.3, 0.4) is 0 Å². The summed E-state index contributed by atoms with van der Waals surface area (Å²) in [6.07, 6.45) is 1.48. The first-order valence-electron chi connectivity index (χ1n) is 10.8. The van der Waals surface area contributed by atoms with Crippen LogP contribution >= 0.6 is 0 Å². The molecule has 1 saturated heterocycles. The molecule has 1 fully saturated rings. The molecular weight excluding hydrogens is 472 g/mol. The molecule has 3 aromatic carbocycles. The minimum absolute atomic E-state index is 0.0837. The molecule has 10 heteroatoms. The molecule has 0 unspecified atom stereocenters. The first kappa shape index (κ1) is 23.8. The molecule has 1 aliphatic rings. The van der Waals surface area contributed by atoms with E-state index in [9.17, 15) is 16.8 Å². The molecule has 0 saturated carbocycles. The van der Waals surface area contributed by atoms with Crippen LogP contribution in [0.2, 0.25) is 0 Å². The van der Waals surface area contributed by atoms with Crippen LogP contribution in [0.5, 0.6) is 0 Å². The van der Waals surface area contributed by atoms with Crippen molar-refractivity contribution in [3.8, 4) is 0 Å². The standard InChI is InChI=1S/C24H26N4O4S2/c29-33(30,18-13-20-7-3-1-4-8-20)26-23-12-11-21(28-16-14-25-15-17-28)19-24(23)27-34(31,32)22-9-5-2-6-10-22/h1-13,18-19,25-27H,14-17H2. The van der Waals surface area contributed by atoms with Gasteiger partial charge in [-0.15, -0.1) is 0 Å². The van der Waals surface area contributed by atoms with Gasteiger partial charge >= 0.3 is 0 Å². The van der Waals surface area contributed by atoms with Crippen molar-refractivity contribution in [2.24, 2.45) is 0 Å². The van der Waals surface area contributed by atoms with Gasteiger partial charge in [0.1, 0.15) is 0 Å². The number of nitrogens with zero attached hydrogens (tertiary/aromatic N) is 1. The smallest absolute Gasteiger partial charge is 0.261 e. The Bertz CT molecular complexity index is 1350. The Morgan fingerprint density at radius 3 is 2.09 bits per heavy atom. The quantitative estimate of drug-likeness (QED) is 0.440. The van der Waals surface area contributed by atoms with Gasteiger partial charge in [0.25, 0.3) is 20.0 Å². The fraction of sp³-hybridized carbons (Fsp3) is 0.167. The molecular formula is C24H26N4O4S2. The van der Waals surface area contributed by atoms with E-state index in [1.165, 1.54) is 18.2 Å². The van der Waals surface area contributed by atoms with E-state index in [4.69, 9.17) is 0 Å². The van der Waals surface area contributed by atoms with E-state index in [1.807, 2.05) is 18.2 Å². The summed E-state index contributed by atoms with van der Waals surface area (Å²) in [6, 6.07) is 22.0. The van der Waals surface area contributed by atoms with Crippen molar-refractivity contribution < 1.29 is 16.8 Å². The third-order valence-electron chi connectivity index (χ3n) is 5.27. The van der Waals surface area contributed by atoms with Crippen LogP contribution in [0.15, 0.2) is 89.2 Å². The molecule has 1 aliphatic heterocycles. The lowest BCUT2D eigenvalue weighted by atomic mass is 10.2. The number of anilines is 3. The Labute approximate surface area is 200 Å². The van der Waals surface area contributed by atoms with Crippen molar-refractivity contribution in [2.45, 2.75) is 4.90 Å². The van der Waals surface area contributed by atoms with Crippen molar-refractivity contribution in [1.29, 1.82) is 0 Å². The van der Waals surface area contributed by atoms with Gasteiger partial charge in [-0.1, -0.05) is 48.5 Å². The average Bonchev–Trinajstić information content (AvgIpc) is 2.85. The van der Waals surface area contributed by atoms with Crippen LogP contribution in [-0.4, -0.2) is 43.0 Å². The summed E-state index contributed by atoms with van der Waals surface area (Å²) in [5.41, 5.74) is 1.81. The van der Waals surface area contributed by atoms with Gasteiger partial charge in [0.05, 0.1) is 21.7 Å². The van der Waals surface area contributed by atoms with E-state index in [-0.39, 0.29) is 16.3 Å². The van der Waals surface area contributed by atoms with Gasteiger partial charge in [-0.2, -0.15) is 0 Å². The Hall–Kier alpha value is -3.34. The van der Waals surface area contributed by atoms with Crippen LogP contribution in [0.4, 0.5) is 17.1 Å². The Balaban J connectivity index is 1.66. The van der Waals surface area contributed by atoms with Crippen molar-refractivity contribution in [1.82, 2.24) is 5.32 Å². The molecule has 1 heterocycles. The number of piperazine rings is 1. The number of hydrogen-bond donors (Lipinski definition) is 3. The van der Waals surface area contributed by atoms with Crippen LogP contribution in [0.1, 0.15) is 5.56 Å². The SMILES string of the molecule is O=S(=O)(C=Cc1ccccc1)Nc1ccc(N2CCNCC2)cc1NS(=O)(=O)c1ccccc1. The predicted molar refractivity (Wildman–Crippen MR) is 137 cm³/mol. The molecule has 34 heavy (non-hydrogen) atoms. The van der Waals surface area contributed by atoms with Crippen LogP contribution in [0, 0.1) is 0 Å². The van der Waals surface area contributed by atoms with Gasteiger partial charge in [0.15, 0.2) is 0 Å². The maximum absolute atomic E-state index is 13.0. The zero-order chi connectivity index (χ0) is 24.0. The molecule has 0 bridgehead atoms. The van der Waals surface area contributed by atoms with E-state index in [2.05, 4.69) is 19.7 Å². The maximum atomic E-state index is 13.0. The molecule has 8 nitrogen and oxygen atoms in total. The summed E-state index contributed by atoms with van der Waals surface area (Å²) in [7, 11) is -7.83. The van der Waals surface area contributed by atoms with Gasteiger partial charge in [-0.3, -0.25) is 9.44 Å². The Morgan fingerprint density at radius 2 is 1.41 bits per heavy atom. The van der Waals surface area contributed by atoms with E-state index >= 15 is 0 Å². The molecule has 0 aromatic heterocycles. The van der Waals surface area contributed by atoms with Crippen LogP contribution in [0.25, 0.3) is 6.08 Å². The number of rotatable bonds is 8. The third-order valence-corrected chi connectivity index (χ3v) is 7.65. The van der Waals surface area contributed by atoms with E-state index in [1.54, 1.807) is 48.5 Å². The zero-order valence-electron chi connectivity index (χ0n) is 18.4. The summed E-state index contributed by atoms with van der Waals surface area (Å²) in [4.78, 5) is 2.20.